The van der Waals surface area contributed by atoms with Crippen LogP contribution in [0.4, 0.5) is 5.00 Å². The number of benzene rings is 2. The molecule has 10 heteroatoms. The minimum Gasteiger partial charge on any atom is -0.382 e. The van der Waals surface area contributed by atoms with Crippen LogP contribution in [0.2, 0.25) is 0 Å². The topological polar surface area (TPSA) is 102 Å². The van der Waals surface area contributed by atoms with Gasteiger partial charge in [0.15, 0.2) is 5.03 Å². The summed E-state index contributed by atoms with van der Waals surface area (Å²) in [4.78, 5) is 4.24. The number of nitrogens with one attached hydrogen (secondary N) is 1. The lowest BCUT2D eigenvalue weighted by atomic mass is 10.2. The third kappa shape index (κ3) is 5.37. The Labute approximate surface area is 193 Å². The van der Waals surface area contributed by atoms with E-state index in [1.807, 2.05) is 20.8 Å². The molecule has 0 saturated heterocycles. The van der Waals surface area contributed by atoms with Crippen LogP contribution in [0.15, 0.2) is 67.7 Å². The molecule has 1 aromatic heterocycles. The molecule has 3 aromatic rings. The largest absolute Gasteiger partial charge is 0.382 e. The maximum Gasteiger partial charge on any atom is 0.233 e. The smallest absolute Gasteiger partial charge is 0.233 e. The number of sulfone groups is 2. The molecule has 32 heavy (non-hydrogen) atoms. The molecule has 1 heterocycles. The number of hydrogen-bond donors (Lipinski definition) is 1. The quantitative estimate of drug-likeness (QED) is 0.420. The van der Waals surface area contributed by atoms with Crippen LogP contribution in [0.5, 0.6) is 0 Å². The molecular formula is C22H26N2O5S3. The Morgan fingerprint density at radius 1 is 0.875 bits per heavy atom. The van der Waals surface area contributed by atoms with Gasteiger partial charge >= 0.3 is 0 Å². The van der Waals surface area contributed by atoms with E-state index in [0.717, 1.165) is 22.5 Å². The first-order valence-electron chi connectivity index (χ1n) is 10.1. The van der Waals surface area contributed by atoms with Crippen LogP contribution >= 0.6 is 11.3 Å². The summed E-state index contributed by atoms with van der Waals surface area (Å²) in [7, 11) is -7.99. The lowest BCUT2D eigenvalue weighted by molar-refractivity contribution is 0.147. The van der Waals surface area contributed by atoms with Crippen molar-refractivity contribution < 1.29 is 21.6 Å². The van der Waals surface area contributed by atoms with E-state index in [9.17, 15) is 16.8 Å². The minimum atomic E-state index is -4.02. The van der Waals surface area contributed by atoms with Crippen molar-refractivity contribution in [2.75, 3.05) is 25.1 Å². The van der Waals surface area contributed by atoms with Crippen LogP contribution in [-0.4, -0.2) is 41.6 Å². The third-order valence-corrected chi connectivity index (χ3v) is 9.66. The predicted molar refractivity (Wildman–Crippen MR) is 125 cm³/mol. The van der Waals surface area contributed by atoms with Gasteiger partial charge in [0.2, 0.25) is 24.0 Å². The van der Waals surface area contributed by atoms with Gasteiger partial charge in [-0.2, -0.15) is 0 Å². The average Bonchev–Trinajstić information content (AvgIpc) is 3.20. The van der Waals surface area contributed by atoms with E-state index in [2.05, 4.69) is 10.3 Å². The van der Waals surface area contributed by atoms with Crippen molar-refractivity contribution in [3.05, 3.63) is 59.7 Å². The van der Waals surface area contributed by atoms with Crippen LogP contribution in [0, 0.1) is 13.8 Å². The zero-order chi connectivity index (χ0) is 23.4. The van der Waals surface area contributed by atoms with E-state index in [0.29, 0.717) is 26.2 Å². The second kappa shape index (κ2) is 10.1. The van der Waals surface area contributed by atoms with Gasteiger partial charge in [0.05, 0.1) is 9.79 Å². The van der Waals surface area contributed by atoms with Crippen molar-refractivity contribution in [1.29, 1.82) is 0 Å². The summed E-state index contributed by atoms with van der Waals surface area (Å²) in [5.74, 6) is 0. The first kappa shape index (κ1) is 24.4. The van der Waals surface area contributed by atoms with Gasteiger partial charge in [-0.05, 0) is 51.5 Å². The van der Waals surface area contributed by atoms with Crippen molar-refractivity contribution in [2.24, 2.45) is 0 Å². The molecule has 0 aliphatic rings. The first-order valence-corrected chi connectivity index (χ1v) is 13.9. The van der Waals surface area contributed by atoms with Crippen molar-refractivity contribution in [3.8, 4) is 0 Å². The van der Waals surface area contributed by atoms with Crippen LogP contribution in [0.3, 0.4) is 0 Å². The summed E-state index contributed by atoms with van der Waals surface area (Å²) in [6.07, 6.45) is 0.635. The molecule has 0 spiro atoms. The Balaban J connectivity index is 2.03. The SMILES string of the molecule is CCOCCCNc1sc(S(=O)(=O)c2ccc(C)cc2)nc1S(=O)(=O)c1ccc(C)cc1. The number of nitrogens with zero attached hydrogens (tertiary/aromatic N) is 1. The number of aromatic nitrogens is 1. The fourth-order valence-corrected chi connectivity index (χ4v) is 7.18. The summed E-state index contributed by atoms with van der Waals surface area (Å²) >= 11 is 0.824. The predicted octanol–water partition coefficient (Wildman–Crippen LogP) is 4.26. The van der Waals surface area contributed by atoms with Gasteiger partial charge in [-0.3, -0.25) is 0 Å². The average molecular weight is 495 g/mol. The summed E-state index contributed by atoms with van der Waals surface area (Å²) in [6, 6.07) is 12.8. The highest BCUT2D eigenvalue weighted by Gasteiger charge is 2.31. The molecule has 3 rings (SSSR count). The lowest BCUT2D eigenvalue weighted by Crippen LogP contribution is -2.10. The van der Waals surface area contributed by atoms with Gasteiger partial charge in [-0.1, -0.05) is 46.7 Å². The molecule has 0 aliphatic heterocycles. The molecule has 0 atom stereocenters. The van der Waals surface area contributed by atoms with Gasteiger partial charge in [0.1, 0.15) is 5.00 Å². The number of aryl methyl sites for hydroxylation is 2. The highest BCUT2D eigenvalue weighted by Crippen LogP contribution is 2.36. The molecule has 0 bridgehead atoms. The number of hydrogen-bond acceptors (Lipinski definition) is 8. The number of rotatable bonds is 10. The highest BCUT2D eigenvalue weighted by atomic mass is 32.2. The van der Waals surface area contributed by atoms with E-state index in [4.69, 9.17) is 4.74 Å². The fraction of sp³-hybridized carbons (Fsp3) is 0.318. The summed E-state index contributed by atoms with van der Waals surface area (Å²) in [5, 5.41) is 2.96. The van der Waals surface area contributed by atoms with Crippen LogP contribution in [-0.2, 0) is 24.4 Å². The number of ether oxygens (including phenoxy) is 1. The summed E-state index contributed by atoms with van der Waals surface area (Å²) in [6.45, 7) is 7.13. The molecule has 0 aliphatic carbocycles. The fourth-order valence-electron chi connectivity index (χ4n) is 2.86. The zero-order valence-electron chi connectivity index (χ0n) is 18.2. The second-order valence-electron chi connectivity index (χ2n) is 7.22. The van der Waals surface area contributed by atoms with Crippen LogP contribution < -0.4 is 5.32 Å². The van der Waals surface area contributed by atoms with E-state index >= 15 is 0 Å². The molecular weight excluding hydrogens is 468 g/mol. The molecule has 0 radical (unpaired) electrons. The molecule has 0 saturated carbocycles. The van der Waals surface area contributed by atoms with Crippen molar-refractivity contribution in [2.45, 2.75) is 46.3 Å². The Morgan fingerprint density at radius 3 is 1.94 bits per heavy atom. The second-order valence-corrected chi connectivity index (χ2v) is 12.2. The van der Waals surface area contributed by atoms with Crippen LogP contribution in [0.25, 0.3) is 0 Å². The van der Waals surface area contributed by atoms with Crippen molar-refractivity contribution in [3.63, 3.8) is 0 Å². The first-order chi connectivity index (χ1) is 15.2. The lowest BCUT2D eigenvalue weighted by Gasteiger charge is -2.07. The van der Waals surface area contributed by atoms with Crippen molar-refractivity contribution >= 4 is 36.0 Å². The Hall–Kier alpha value is -2.27. The van der Waals surface area contributed by atoms with Gasteiger partial charge in [-0.15, -0.1) is 0 Å². The Morgan fingerprint density at radius 2 is 1.41 bits per heavy atom. The summed E-state index contributed by atoms with van der Waals surface area (Å²) in [5.41, 5.74) is 1.83. The maximum atomic E-state index is 13.3. The third-order valence-electron chi connectivity index (χ3n) is 4.68. The Bertz CT molecular complexity index is 1260. The van der Waals surface area contributed by atoms with Crippen LogP contribution in [0.1, 0.15) is 24.5 Å². The minimum absolute atomic E-state index is 0.0602. The number of anilines is 1. The van der Waals surface area contributed by atoms with Gasteiger partial charge in [0, 0.05) is 19.8 Å². The van der Waals surface area contributed by atoms with Crippen molar-refractivity contribution in [1.82, 2.24) is 4.98 Å². The van der Waals surface area contributed by atoms with Gasteiger partial charge in [-0.25, -0.2) is 21.8 Å². The standard InChI is InChI=1S/C22H26N2O5S3/c1-4-29-15-5-14-23-20-21(31(25,26)18-10-6-16(2)7-11-18)24-22(30-20)32(27,28)19-12-8-17(3)9-13-19/h6-13,23H,4-5,14-15H2,1-3H3. The molecule has 0 fully saturated rings. The normalized spacial score (nSPS) is 12.1. The Kier molecular flexibility index (Phi) is 7.71. The van der Waals surface area contributed by atoms with E-state index in [1.165, 1.54) is 24.3 Å². The van der Waals surface area contributed by atoms with E-state index in [-0.39, 0.29) is 24.2 Å². The molecule has 0 amide bonds. The number of thiazole rings is 1. The maximum absolute atomic E-state index is 13.3. The van der Waals surface area contributed by atoms with E-state index in [1.54, 1.807) is 24.3 Å². The molecule has 0 unspecified atom stereocenters. The molecule has 1 N–H and O–H groups in total. The monoisotopic (exact) mass is 494 g/mol. The van der Waals surface area contributed by atoms with E-state index < -0.39 is 19.7 Å². The summed E-state index contributed by atoms with van der Waals surface area (Å²) < 4.78 is 57.9. The van der Waals surface area contributed by atoms with Gasteiger partial charge < -0.3 is 10.1 Å². The molecule has 7 nitrogen and oxygen atoms in total. The zero-order valence-corrected chi connectivity index (χ0v) is 20.6. The highest BCUT2D eigenvalue weighted by molar-refractivity contribution is 7.94. The van der Waals surface area contributed by atoms with Gasteiger partial charge in [0.25, 0.3) is 0 Å². The molecule has 172 valence electrons. The molecule has 2 aromatic carbocycles.